The largest absolute Gasteiger partial charge is 0.373 e. The van der Waals surface area contributed by atoms with Gasteiger partial charge < -0.3 is 10.6 Å². The zero-order chi connectivity index (χ0) is 7.82. The molecule has 0 aliphatic heterocycles. The highest BCUT2D eigenvalue weighted by molar-refractivity contribution is 5.18. The lowest BCUT2D eigenvalue weighted by Gasteiger charge is -2.03. The molecule has 0 bridgehead atoms. The van der Waals surface area contributed by atoms with Gasteiger partial charge in [-0.15, -0.1) is 0 Å². The Hall–Kier alpha value is -1.02. The van der Waals surface area contributed by atoms with Crippen molar-refractivity contribution in [2.75, 3.05) is 13.7 Å². The number of nitrogens with one attached hydrogen (secondary N) is 2. The molecule has 2 heteroatoms. The van der Waals surface area contributed by atoms with Crippen LogP contribution in [0.5, 0.6) is 0 Å². The van der Waals surface area contributed by atoms with E-state index in [9.17, 15) is 0 Å². The Morgan fingerprint density at radius 2 is 2.20 bits per heavy atom. The van der Waals surface area contributed by atoms with E-state index < -0.39 is 0 Å². The molecule has 10 heavy (non-hydrogen) atoms. The van der Waals surface area contributed by atoms with Crippen molar-refractivity contribution in [2.24, 2.45) is 0 Å². The molecule has 0 aromatic heterocycles. The lowest BCUT2D eigenvalue weighted by Crippen LogP contribution is -2.24. The average Bonchev–Trinajstić information content (AvgIpc) is 1.98. The topological polar surface area (TPSA) is 24.1 Å². The lowest BCUT2D eigenvalue weighted by atomic mass is 10.4. The monoisotopic (exact) mass is 138 g/mol. The minimum atomic E-state index is 0.742. The van der Waals surface area contributed by atoms with E-state index in [2.05, 4.69) is 23.8 Å². The number of hydrogen-bond donors (Lipinski definition) is 2. The summed E-state index contributed by atoms with van der Waals surface area (Å²) < 4.78 is 0. The van der Waals surface area contributed by atoms with Crippen LogP contribution in [0.25, 0.3) is 0 Å². The molecule has 0 saturated carbocycles. The maximum atomic E-state index is 3.63. The van der Waals surface area contributed by atoms with E-state index in [4.69, 9.17) is 0 Å². The van der Waals surface area contributed by atoms with Crippen LogP contribution in [0.2, 0.25) is 0 Å². The zero-order valence-corrected chi connectivity index (χ0v) is 6.35. The van der Waals surface area contributed by atoms with Gasteiger partial charge in [-0.05, 0) is 19.2 Å². The summed E-state index contributed by atoms with van der Waals surface area (Å²) >= 11 is 0. The highest BCUT2D eigenvalue weighted by atomic mass is 15.0. The Kier molecular flexibility index (Phi) is 5.48. The van der Waals surface area contributed by atoms with Crippen LogP contribution in [0.1, 0.15) is 0 Å². The smallest absolute Gasteiger partial charge is 0.0650 e. The summed E-state index contributed by atoms with van der Waals surface area (Å²) in [5.74, 6) is 0. The van der Waals surface area contributed by atoms with Crippen LogP contribution in [0.4, 0.5) is 0 Å². The van der Waals surface area contributed by atoms with Crippen molar-refractivity contribution >= 4 is 0 Å². The molecule has 0 atom stereocenters. The van der Waals surface area contributed by atoms with Gasteiger partial charge in [0.05, 0.1) is 6.67 Å². The van der Waals surface area contributed by atoms with Gasteiger partial charge in [0.25, 0.3) is 0 Å². The fourth-order valence-corrected chi connectivity index (χ4v) is 0.517. The van der Waals surface area contributed by atoms with Crippen molar-refractivity contribution in [1.29, 1.82) is 0 Å². The van der Waals surface area contributed by atoms with Crippen LogP contribution >= 0.6 is 0 Å². The summed E-state index contributed by atoms with van der Waals surface area (Å²) in [5.41, 5.74) is 0.976. The van der Waals surface area contributed by atoms with Gasteiger partial charge in [-0.1, -0.05) is 19.2 Å². The maximum Gasteiger partial charge on any atom is 0.0650 e. The summed E-state index contributed by atoms with van der Waals surface area (Å²) in [6.07, 6.45) is 5.34. The van der Waals surface area contributed by atoms with E-state index in [0.29, 0.717) is 0 Å². The zero-order valence-electron chi connectivity index (χ0n) is 6.35. The summed E-state index contributed by atoms with van der Waals surface area (Å²) in [4.78, 5) is 0. The fourth-order valence-electron chi connectivity index (χ4n) is 0.517. The Bertz CT molecular complexity index is 136. The van der Waals surface area contributed by atoms with Gasteiger partial charge in [0, 0.05) is 5.70 Å². The van der Waals surface area contributed by atoms with Gasteiger partial charge in [-0.25, -0.2) is 0 Å². The number of allylic oxidation sites excluding steroid dienone is 3. The number of hydrogen-bond acceptors (Lipinski definition) is 2. The predicted molar refractivity (Wildman–Crippen MR) is 45.5 cm³/mol. The van der Waals surface area contributed by atoms with Crippen molar-refractivity contribution in [1.82, 2.24) is 10.6 Å². The Labute approximate surface area is 62.3 Å². The van der Waals surface area contributed by atoms with Crippen molar-refractivity contribution in [2.45, 2.75) is 0 Å². The van der Waals surface area contributed by atoms with E-state index in [-0.39, 0.29) is 0 Å². The second-order valence-electron chi connectivity index (χ2n) is 1.77. The Morgan fingerprint density at radius 3 is 2.60 bits per heavy atom. The summed E-state index contributed by atoms with van der Waals surface area (Å²) in [6, 6.07) is 0. The highest BCUT2D eigenvalue weighted by Gasteiger charge is 1.83. The molecule has 56 valence electrons. The van der Waals surface area contributed by atoms with Gasteiger partial charge in [0.15, 0.2) is 0 Å². The predicted octanol–water partition coefficient (Wildman–Crippen LogP) is 1.01. The van der Waals surface area contributed by atoms with Crippen molar-refractivity contribution in [3.05, 3.63) is 37.1 Å². The second-order valence-corrected chi connectivity index (χ2v) is 1.77. The molecule has 0 fully saturated rings. The van der Waals surface area contributed by atoms with Crippen LogP contribution in [0.3, 0.4) is 0 Å². The first-order chi connectivity index (χ1) is 4.85. The van der Waals surface area contributed by atoms with E-state index >= 15 is 0 Å². The third kappa shape index (κ3) is 3.92. The molecular weight excluding hydrogens is 124 g/mol. The molecule has 0 heterocycles. The van der Waals surface area contributed by atoms with Gasteiger partial charge in [0.1, 0.15) is 0 Å². The molecule has 0 aliphatic carbocycles. The van der Waals surface area contributed by atoms with E-state index in [1.807, 2.05) is 13.1 Å². The molecule has 0 amide bonds. The van der Waals surface area contributed by atoms with Crippen LogP contribution in [0.15, 0.2) is 37.1 Å². The average molecular weight is 138 g/mol. The Balaban J connectivity index is 3.70. The van der Waals surface area contributed by atoms with Crippen LogP contribution in [0, 0.1) is 0 Å². The highest BCUT2D eigenvalue weighted by Crippen LogP contribution is 1.87. The summed E-state index contributed by atoms with van der Waals surface area (Å²) in [7, 11) is 1.88. The van der Waals surface area contributed by atoms with Crippen LogP contribution in [-0.2, 0) is 0 Å². The van der Waals surface area contributed by atoms with Crippen molar-refractivity contribution in [3.8, 4) is 0 Å². The molecule has 0 aromatic rings. The van der Waals surface area contributed by atoms with Crippen molar-refractivity contribution < 1.29 is 0 Å². The first kappa shape index (κ1) is 8.98. The van der Waals surface area contributed by atoms with Gasteiger partial charge in [-0.2, -0.15) is 0 Å². The maximum absolute atomic E-state index is 3.63. The normalized spacial score (nSPS) is 10.7. The van der Waals surface area contributed by atoms with Gasteiger partial charge in [0.2, 0.25) is 0 Å². The molecule has 0 aliphatic rings. The fraction of sp³-hybridized carbons (Fsp3) is 0.250. The Morgan fingerprint density at radius 1 is 1.50 bits per heavy atom. The van der Waals surface area contributed by atoms with Crippen LogP contribution in [-0.4, -0.2) is 13.7 Å². The molecule has 0 radical (unpaired) electrons. The molecular formula is C8H14N2. The van der Waals surface area contributed by atoms with Gasteiger partial charge >= 0.3 is 0 Å². The number of rotatable bonds is 5. The van der Waals surface area contributed by atoms with Crippen LogP contribution < -0.4 is 10.6 Å². The van der Waals surface area contributed by atoms with E-state index in [1.54, 1.807) is 12.2 Å². The van der Waals surface area contributed by atoms with Gasteiger partial charge in [-0.3, -0.25) is 0 Å². The standard InChI is InChI=1S/C8H14N2/c1-4-6-8(5-2)10-7-9-3/h4-6,9-10H,1-2,7H2,3H3/b8-6-. The first-order valence-corrected chi connectivity index (χ1v) is 3.18. The molecule has 0 rings (SSSR count). The van der Waals surface area contributed by atoms with Crippen molar-refractivity contribution in [3.63, 3.8) is 0 Å². The SMILES string of the molecule is C=C/C=C(/C=C)NCNC. The minimum absolute atomic E-state index is 0.742. The minimum Gasteiger partial charge on any atom is -0.373 e. The third-order valence-electron chi connectivity index (χ3n) is 0.987. The van der Waals surface area contributed by atoms with E-state index in [1.165, 1.54) is 0 Å². The van der Waals surface area contributed by atoms with E-state index in [0.717, 1.165) is 12.4 Å². The molecule has 0 spiro atoms. The first-order valence-electron chi connectivity index (χ1n) is 3.18. The summed E-state index contributed by atoms with van der Waals surface area (Å²) in [6.45, 7) is 7.94. The third-order valence-corrected chi connectivity index (χ3v) is 0.987. The lowest BCUT2D eigenvalue weighted by molar-refractivity contribution is 0.718. The molecule has 0 aromatic carbocycles. The second kappa shape index (κ2) is 6.11. The molecule has 2 N–H and O–H groups in total. The summed E-state index contributed by atoms with van der Waals surface area (Å²) in [5, 5.41) is 6.04. The quantitative estimate of drug-likeness (QED) is 0.437. The molecule has 0 saturated heterocycles. The molecule has 2 nitrogen and oxygen atoms in total. The molecule has 0 unspecified atom stereocenters.